The fraction of sp³-hybridized carbons (Fsp3) is 0.188. The third kappa shape index (κ3) is 3.72. The number of rotatable bonds is 4. The van der Waals surface area contributed by atoms with Crippen molar-refractivity contribution in [3.63, 3.8) is 0 Å². The van der Waals surface area contributed by atoms with E-state index in [0.29, 0.717) is 5.56 Å². The molecule has 3 N–H and O–H groups in total. The minimum Gasteiger partial charge on any atom is -0.346 e. The van der Waals surface area contributed by atoms with Crippen LogP contribution in [0.1, 0.15) is 34.5 Å². The molecule has 0 aliphatic heterocycles. The van der Waals surface area contributed by atoms with E-state index in [4.69, 9.17) is 5.14 Å². The van der Waals surface area contributed by atoms with E-state index in [0.717, 1.165) is 5.56 Å². The minimum atomic E-state index is -3.85. The molecule has 0 spiro atoms. The highest BCUT2D eigenvalue weighted by Gasteiger charge is 2.16. The normalized spacial score (nSPS) is 12.7. The molecule has 0 fully saturated rings. The minimum absolute atomic E-state index is 0.0347. The SMILES string of the molecule is Cc1ccc(C(=O)N[C@H](C)c2ccccc2)cc1S(N)(=O)=O. The summed E-state index contributed by atoms with van der Waals surface area (Å²) in [5.74, 6) is -0.346. The van der Waals surface area contributed by atoms with Crippen molar-refractivity contribution in [1.82, 2.24) is 5.32 Å². The lowest BCUT2D eigenvalue weighted by molar-refractivity contribution is 0.0939. The molecule has 1 amide bonds. The van der Waals surface area contributed by atoms with Crippen LogP contribution >= 0.6 is 0 Å². The summed E-state index contributed by atoms with van der Waals surface area (Å²) in [6.45, 7) is 3.50. The maximum atomic E-state index is 12.3. The highest BCUT2D eigenvalue weighted by molar-refractivity contribution is 7.89. The molecule has 0 saturated heterocycles. The zero-order valence-corrected chi connectivity index (χ0v) is 13.2. The molecular formula is C16H18N2O3S. The van der Waals surface area contributed by atoms with E-state index < -0.39 is 10.0 Å². The predicted octanol–water partition coefficient (Wildman–Crippen LogP) is 2.13. The Morgan fingerprint density at radius 2 is 1.77 bits per heavy atom. The molecule has 0 radical (unpaired) electrons. The van der Waals surface area contributed by atoms with Crippen molar-refractivity contribution in [2.75, 3.05) is 0 Å². The number of amides is 1. The van der Waals surface area contributed by atoms with Gasteiger partial charge >= 0.3 is 0 Å². The molecule has 2 aromatic rings. The van der Waals surface area contributed by atoms with Gasteiger partial charge in [-0.3, -0.25) is 4.79 Å². The number of nitrogens with two attached hydrogens (primary N) is 1. The van der Waals surface area contributed by atoms with Crippen molar-refractivity contribution < 1.29 is 13.2 Å². The maximum absolute atomic E-state index is 12.3. The summed E-state index contributed by atoms with van der Waals surface area (Å²) in [7, 11) is -3.85. The molecule has 0 heterocycles. The molecule has 116 valence electrons. The molecule has 2 rings (SSSR count). The summed E-state index contributed by atoms with van der Waals surface area (Å²) in [5.41, 5.74) is 1.74. The van der Waals surface area contributed by atoms with Crippen molar-refractivity contribution in [3.05, 3.63) is 65.2 Å². The number of carbonyl (C=O) groups is 1. The number of aryl methyl sites for hydroxylation is 1. The number of nitrogens with one attached hydrogen (secondary N) is 1. The quantitative estimate of drug-likeness (QED) is 0.905. The first-order chi connectivity index (χ1) is 10.3. The van der Waals surface area contributed by atoms with E-state index in [1.807, 2.05) is 37.3 Å². The maximum Gasteiger partial charge on any atom is 0.251 e. The molecule has 6 heteroatoms. The van der Waals surface area contributed by atoms with E-state index in [2.05, 4.69) is 5.32 Å². The summed E-state index contributed by atoms with van der Waals surface area (Å²) in [4.78, 5) is 12.2. The molecule has 1 atom stereocenters. The van der Waals surface area contributed by atoms with Crippen LogP contribution in [-0.4, -0.2) is 14.3 Å². The molecule has 22 heavy (non-hydrogen) atoms. The number of sulfonamides is 1. The van der Waals surface area contributed by atoms with Gasteiger partial charge in [0.2, 0.25) is 10.0 Å². The first-order valence-electron chi connectivity index (χ1n) is 6.78. The van der Waals surface area contributed by atoms with Crippen LogP contribution in [0.2, 0.25) is 0 Å². The molecule has 0 unspecified atom stereocenters. The van der Waals surface area contributed by atoms with E-state index in [-0.39, 0.29) is 22.4 Å². The lowest BCUT2D eigenvalue weighted by Gasteiger charge is -2.15. The van der Waals surface area contributed by atoms with Crippen LogP contribution in [0, 0.1) is 6.92 Å². The smallest absolute Gasteiger partial charge is 0.251 e. The molecule has 0 aliphatic carbocycles. The number of hydrogen-bond acceptors (Lipinski definition) is 3. The highest BCUT2D eigenvalue weighted by atomic mass is 32.2. The van der Waals surface area contributed by atoms with E-state index in [1.165, 1.54) is 6.07 Å². The lowest BCUT2D eigenvalue weighted by atomic mass is 10.1. The zero-order valence-electron chi connectivity index (χ0n) is 12.4. The Hall–Kier alpha value is -2.18. The summed E-state index contributed by atoms with van der Waals surface area (Å²) < 4.78 is 23.0. The van der Waals surface area contributed by atoms with Crippen LogP contribution in [0.3, 0.4) is 0 Å². The Kier molecular flexibility index (Phi) is 4.63. The van der Waals surface area contributed by atoms with E-state index in [1.54, 1.807) is 19.1 Å². The second-order valence-corrected chi connectivity index (χ2v) is 6.66. The Bertz CT molecular complexity index is 786. The number of benzene rings is 2. The second-order valence-electron chi connectivity index (χ2n) is 5.13. The van der Waals surface area contributed by atoms with Gasteiger partial charge < -0.3 is 5.32 Å². The number of carbonyl (C=O) groups excluding carboxylic acids is 1. The van der Waals surface area contributed by atoms with Crippen LogP contribution in [0.25, 0.3) is 0 Å². The Labute approximate surface area is 130 Å². The average Bonchev–Trinajstić information content (AvgIpc) is 2.47. The van der Waals surface area contributed by atoms with Gasteiger partial charge in [0.05, 0.1) is 10.9 Å². The van der Waals surface area contributed by atoms with Crippen molar-refractivity contribution in [1.29, 1.82) is 0 Å². The topological polar surface area (TPSA) is 89.3 Å². The molecule has 0 saturated carbocycles. The Balaban J connectivity index is 2.24. The molecular weight excluding hydrogens is 300 g/mol. The van der Waals surface area contributed by atoms with Gasteiger partial charge in [0.25, 0.3) is 5.91 Å². The van der Waals surface area contributed by atoms with Crippen molar-refractivity contribution in [3.8, 4) is 0 Å². The van der Waals surface area contributed by atoms with Crippen molar-refractivity contribution >= 4 is 15.9 Å². The first-order valence-corrected chi connectivity index (χ1v) is 8.33. The summed E-state index contributed by atoms with van der Waals surface area (Å²) in [5, 5.41) is 8.00. The van der Waals surface area contributed by atoms with Crippen molar-refractivity contribution in [2.45, 2.75) is 24.8 Å². The predicted molar refractivity (Wildman–Crippen MR) is 84.9 cm³/mol. The molecule has 5 nitrogen and oxygen atoms in total. The van der Waals surface area contributed by atoms with Gasteiger partial charge in [-0.2, -0.15) is 0 Å². The number of hydrogen-bond donors (Lipinski definition) is 2. The van der Waals surface area contributed by atoms with Crippen LogP contribution in [0.4, 0.5) is 0 Å². The standard InChI is InChI=1S/C16H18N2O3S/c1-11-8-9-14(10-15(11)22(17,20)21)16(19)18-12(2)13-6-4-3-5-7-13/h3-10,12H,1-2H3,(H,18,19)(H2,17,20,21)/t12-/m1/s1. The van der Waals surface area contributed by atoms with Gasteiger partial charge in [0.15, 0.2) is 0 Å². The highest BCUT2D eigenvalue weighted by Crippen LogP contribution is 2.17. The van der Waals surface area contributed by atoms with Gasteiger partial charge in [-0.1, -0.05) is 36.4 Å². The summed E-state index contributed by atoms with van der Waals surface area (Å²) in [6.07, 6.45) is 0. The van der Waals surface area contributed by atoms with Gasteiger partial charge in [-0.05, 0) is 37.1 Å². The molecule has 0 aliphatic rings. The molecule has 2 aromatic carbocycles. The monoisotopic (exact) mass is 318 g/mol. The summed E-state index contributed by atoms with van der Waals surface area (Å²) in [6, 6.07) is 13.8. The van der Waals surface area contributed by atoms with Crippen LogP contribution in [-0.2, 0) is 10.0 Å². The lowest BCUT2D eigenvalue weighted by Crippen LogP contribution is -2.27. The van der Waals surface area contributed by atoms with Gasteiger partial charge in [0.1, 0.15) is 0 Å². The van der Waals surface area contributed by atoms with Crippen LogP contribution < -0.4 is 10.5 Å². The summed E-state index contributed by atoms with van der Waals surface area (Å²) >= 11 is 0. The molecule has 0 aromatic heterocycles. The number of primary sulfonamides is 1. The average molecular weight is 318 g/mol. The second kappa shape index (κ2) is 6.29. The zero-order chi connectivity index (χ0) is 16.3. The van der Waals surface area contributed by atoms with E-state index in [9.17, 15) is 13.2 Å². The largest absolute Gasteiger partial charge is 0.346 e. The third-order valence-corrected chi connectivity index (χ3v) is 4.46. The third-order valence-electron chi connectivity index (χ3n) is 3.40. The van der Waals surface area contributed by atoms with Gasteiger partial charge in [-0.25, -0.2) is 13.6 Å². The fourth-order valence-electron chi connectivity index (χ4n) is 2.15. The van der Waals surface area contributed by atoms with Gasteiger partial charge in [0, 0.05) is 5.56 Å². The fourth-order valence-corrected chi connectivity index (χ4v) is 2.96. The van der Waals surface area contributed by atoms with E-state index >= 15 is 0 Å². The van der Waals surface area contributed by atoms with Crippen molar-refractivity contribution in [2.24, 2.45) is 5.14 Å². The van der Waals surface area contributed by atoms with Gasteiger partial charge in [-0.15, -0.1) is 0 Å². The Morgan fingerprint density at radius 3 is 2.36 bits per heavy atom. The van der Waals surface area contributed by atoms with Crippen LogP contribution in [0.15, 0.2) is 53.4 Å². The Morgan fingerprint density at radius 1 is 1.14 bits per heavy atom. The first kappa shape index (κ1) is 16.2. The molecule has 0 bridgehead atoms. The van der Waals surface area contributed by atoms with Crippen LogP contribution in [0.5, 0.6) is 0 Å².